The fraction of sp³-hybridized carbons (Fsp3) is 0.528. The number of aromatic nitrogens is 3. The van der Waals surface area contributed by atoms with E-state index in [1.54, 1.807) is 0 Å². The number of piperidine rings is 2. The zero-order valence-corrected chi connectivity index (χ0v) is 26.5. The van der Waals surface area contributed by atoms with Gasteiger partial charge in [0.1, 0.15) is 5.69 Å². The molecule has 1 aliphatic carbocycles. The average molecular weight is 595 g/mol. The summed E-state index contributed by atoms with van der Waals surface area (Å²) in [7, 11) is 0. The number of carbonyl (C=O) groups excluding carboxylic acids is 2. The van der Waals surface area contributed by atoms with Crippen LogP contribution in [0.25, 0.3) is 27.8 Å². The van der Waals surface area contributed by atoms with Crippen molar-refractivity contribution in [2.24, 2.45) is 17.6 Å². The number of nitrogens with two attached hydrogens (primary N) is 1. The number of aryl methyl sites for hydroxylation is 1. The Morgan fingerprint density at radius 1 is 1.00 bits per heavy atom. The summed E-state index contributed by atoms with van der Waals surface area (Å²) in [5, 5.41) is 6.38. The van der Waals surface area contributed by atoms with E-state index >= 15 is 0 Å². The molecule has 2 N–H and O–H groups in total. The van der Waals surface area contributed by atoms with Crippen molar-refractivity contribution in [3.8, 4) is 11.4 Å². The molecule has 2 amide bonds. The molecule has 0 bridgehead atoms. The lowest BCUT2D eigenvalue weighted by molar-refractivity contribution is -0.133. The van der Waals surface area contributed by atoms with Crippen LogP contribution in [0, 0.1) is 18.8 Å². The Morgan fingerprint density at radius 3 is 2.52 bits per heavy atom. The lowest BCUT2D eigenvalue weighted by atomic mass is 9.88. The number of nitrogens with zero attached hydrogens (tertiary/aromatic N) is 5. The van der Waals surface area contributed by atoms with Gasteiger partial charge in [0, 0.05) is 62.3 Å². The van der Waals surface area contributed by atoms with E-state index in [4.69, 9.17) is 10.8 Å². The van der Waals surface area contributed by atoms with E-state index in [0.717, 1.165) is 74.3 Å². The predicted octanol–water partition coefficient (Wildman–Crippen LogP) is 5.99. The summed E-state index contributed by atoms with van der Waals surface area (Å²) in [5.74, 6) is 1.84. The number of likely N-dealkylation sites (tertiary alicyclic amines) is 2. The number of para-hydroxylation sites is 1. The monoisotopic (exact) mass is 594 g/mol. The van der Waals surface area contributed by atoms with Crippen LogP contribution in [0.1, 0.15) is 86.2 Å². The van der Waals surface area contributed by atoms with Crippen LogP contribution < -0.4 is 5.73 Å². The molecule has 4 aromatic rings. The van der Waals surface area contributed by atoms with Gasteiger partial charge in [-0.05, 0) is 87.0 Å². The minimum absolute atomic E-state index is 0.0289. The quantitative estimate of drug-likeness (QED) is 0.285. The summed E-state index contributed by atoms with van der Waals surface area (Å²) in [6.07, 6.45) is 8.98. The van der Waals surface area contributed by atoms with Crippen molar-refractivity contribution in [2.45, 2.75) is 84.2 Å². The molecule has 7 rings (SSSR count). The summed E-state index contributed by atoms with van der Waals surface area (Å²) in [4.78, 5) is 30.1. The van der Waals surface area contributed by atoms with Gasteiger partial charge in [0.05, 0.1) is 22.3 Å². The number of hydrogen-bond acceptors (Lipinski definition) is 4. The zero-order valence-electron chi connectivity index (χ0n) is 26.5. The van der Waals surface area contributed by atoms with Crippen molar-refractivity contribution in [1.82, 2.24) is 24.0 Å². The molecule has 3 aromatic heterocycles. The van der Waals surface area contributed by atoms with Gasteiger partial charge in [-0.15, -0.1) is 0 Å². The van der Waals surface area contributed by atoms with Crippen LogP contribution in [-0.2, 0) is 11.3 Å². The minimum atomic E-state index is 0.0289. The molecule has 5 heterocycles. The van der Waals surface area contributed by atoms with E-state index in [1.807, 2.05) is 27.7 Å². The van der Waals surface area contributed by atoms with Crippen molar-refractivity contribution in [3.63, 3.8) is 0 Å². The van der Waals surface area contributed by atoms with Crippen molar-refractivity contribution < 1.29 is 9.59 Å². The van der Waals surface area contributed by atoms with Gasteiger partial charge in [-0.3, -0.25) is 9.59 Å². The molecule has 0 spiro atoms. The molecule has 1 aromatic carbocycles. The van der Waals surface area contributed by atoms with Crippen molar-refractivity contribution in [2.75, 3.05) is 26.2 Å². The molecule has 1 unspecified atom stereocenters. The Morgan fingerprint density at radius 2 is 1.80 bits per heavy atom. The van der Waals surface area contributed by atoms with Crippen molar-refractivity contribution >= 4 is 28.2 Å². The highest BCUT2D eigenvalue weighted by Crippen LogP contribution is 2.41. The van der Waals surface area contributed by atoms with Gasteiger partial charge >= 0.3 is 0 Å². The molecule has 44 heavy (non-hydrogen) atoms. The van der Waals surface area contributed by atoms with E-state index in [1.165, 1.54) is 29.3 Å². The fourth-order valence-electron chi connectivity index (χ4n) is 7.47. The number of rotatable bonds is 7. The Balaban J connectivity index is 1.23. The Bertz CT molecular complexity index is 1700. The summed E-state index contributed by atoms with van der Waals surface area (Å²) < 4.78 is 4.43. The molecule has 8 heteroatoms. The molecule has 0 radical (unpaired) electrons. The highest BCUT2D eigenvalue weighted by Gasteiger charge is 2.30. The molecule has 8 nitrogen and oxygen atoms in total. The maximum atomic E-state index is 13.3. The second kappa shape index (κ2) is 11.7. The van der Waals surface area contributed by atoms with Crippen molar-refractivity contribution in [3.05, 3.63) is 59.3 Å². The van der Waals surface area contributed by atoms with Gasteiger partial charge in [0.15, 0.2) is 0 Å². The van der Waals surface area contributed by atoms with E-state index in [2.05, 4.69) is 54.5 Å². The lowest BCUT2D eigenvalue weighted by Gasteiger charge is -2.33. The maximum absolute atomic E-state index is 13.3. The minimum Gasteiger partial charge on any atom is -0.343 e. The normalized spacial score (nSPS) is 19.9. The first kappa shape index (κ1) is 29.1. The highest BCUT2D eigenvalue weighted by atomic mass is 16.2. The van der Waals surface area contributed by atoms with Crippen LogP contribution in [0.4, 0.5) is 0 Å². The second-order valence-corrected chi connectivity index (χ2v) is 14.0. The van der Waals surface area contributed by atoms with Crippen LogP contribution in [0.15, 0.2) is 42.6 Å². The molecule has 232 valence electrons. The Hall–Kier alpha value is -3.65. The summed E-state index contributed by atoms with van der Waals surface area (Å²) in [6, 6.07) is 13.1. The third kappa shape index (κ3) is 5.53. The number of amides is 2. The maximum Gasteiger partial charge on any atom is 0.255 e. The predicted molar refractivity (Wildman–Crippen MR) is 175 cm³/mol. The Labute approximate surface area is 260 Å². The third-order valence-corrected chi connectivity index (χ3v) is 10.1. The van der Waals surface area contributed by atoms with E-state index in [-0.39, 0.29) is 11.9 Å². The highest BCUT2D eigenvalue weighted by molar-refractivity contribution is 5.95. The molecule has 1 saturated carbocycles. The standard InChI is InChI=1S/C36H46N6O2/c1-23(2)18-33(43)39-16-13-26(14-17-39)30-8-4-6-27-19-32(41(35(27)30)20-25-9-10-25)34-24(3)31-12-11-28(21-42(31)38-34)36(44)40-15-5-7-29(37)22-40/h4,6,8,11-12,19,21,23,25-26,29H,5,7,9-10,13-18,20,22,37H2,1-3H3. The van der Waals surface area contributed by atoms with Gasteiger partial charge in [-0.25, -0.2) is 4.52 Å². The zero-order chi connectivity index (χ0) is 30.5. The number of pyridine rings is 1. The van der Waals surface area contributed by atoms with Crippen LogP contribution in [0.3, 0.4) is 0 Å². The smallest absolute Gasteiger partial charge is 0.255 e. The number of benzene rings is 1. The first-order valence-electron chi connectivity index (χ1n) is 16.7. The fourth-order valence-corrected chi connectivity index (χ4v) is 7.47. The van der Waals surface area contributed by atoms with Crippen LogP contribution in [0.2, 0.25) is 0 Å². The van der Waals surface area contributed by atoms with E-state index in [9.17, 15) is 9.59 Å². The summed E-state index contributed by atoms with van der Waals surface area (Å²) in [6.45, 7) is 10.4. The average Bonchev–Trinajstić information content (AvgIpc) is 3.69. The van der Waals surface area contributed by atoms with Gasteiger partial charge in [-0.1, -0.05) is 32.0 Å². The van der Waals surface area contributed by atoms with E-state index < -0.39 is 0 Å². The van der Waals surface area contributed by atoms with Crippen LogP contribution >= 0.6 is 0 Å². The molecule has 1 atom stereocenters. The lowest BCUT2D eigenvalue weighted by Crippen LogP contribution is -2.45. The van der Waals surface area contributed by atoms with Crippen LogP contribution in [-0.4, -0.2) is 68.0 Å². The first-order valence-corrected chi connectivity index (χ1v) is 16.7. The SMILES string of the molecule is Cc1c(-c2cc3cccc(C4CCN(C(=O)CC(C)C)CC4)c3n2CC2CC2)nn2cc(C(=O)N3CCCC(N)C3)ccc12. The Kier molecular flexibility index (Phi) is 7.73. The van der Waals surface area contributed by atoms with Crippen molar-refractivity contribution in [1.29, 1.82) is 0 Å². The van der Waals surface area contributed by atoms with Crippen LogP contribution in [0.5, 0.6) is 0 Å². The molecule has 2 saturated heterocycles. The second-order valence-electron chi connectivity index (χ2n) is 14.0. The van der Waals surface area contributed by atoms with Gasteiger partial charge < -0.3 is 20.1 Å². The number of carbonyl (C=O) groups is 2. The third-order valence-electron chi connectivity index (χ3n) is 10.1. The number of hydrogen-bond donors (Lipinski definition) is 1. The molecule has 3 fully saturated rings. The largest absolute Gasteiger partial charge is 0.343 e. The first-order chi connectivity index (χ1) is 21.3. The molecular weight excluding hydrogens is 548 g/mol. The van der Waals surface area contributed by atoms with Gasteiger partial charge in [0.25, 0.3) is 5.91 Å². The number of fused-ring (bicyclic) bond motifs is 2. The van der Waals surface area contributed by atoms with Gasteiger partial charge in [0.2, 0.25) is 5.91 Å². The topological polar surface area (TPSA) is 88.9 Å². The van der Waals surface area contributed by atoms with Gasteiger partial charge in [-0.2, -0.15) is 5.10 Å². The van der Waals surface area contributed by atoms with E-state index in [0.29, 0.717) is 42.2 Å². The summed E-state index contributed by atoms with van der Waals surface area (Å²) >= 11 is 0. The molecule has 2 aliphatic heterocycles. The summed E-state index contributed by atoms with van der Waals surface area (Å²) in [5.41, 5.74) is 13.8. The molecule has 3 aliphatic rings. The molecular formula is C36H46N6O2.